The van der Waals surface area contributed by atoms with Gasteiger partial charge in [0, 0.05) is 24.1 Å². The minimum Gasteiger partial charge on any atom is -0.379 e. The smallest absolute Gasteiger partial charge is 0.319 e. The normalized spacial score (nSPS) is 12.3. The van der Waals surface area contributed by atoms with Crippen LogP contribution in [0.15, 0.2) is 36.9 Å². The predicted molar refractivity (Wildman–Crippen MR) is 104 cm³/mol. The summed E-state index contributed by atoms with van der Waals surface area (Å²) in [6.07, 6.45) is 5.19. The minimum absolute atomic E-state index is 0.174. The van der Waals surface area contributed by atoms with Crippen LogP contribution >= 0.6 is 0 Å². The standard InChI is InChI=1S/C17H18FN7O4S/c1-10-7-12(18)14(29-30(3,27)28)8-13(10)24-17(26)23-11(2)15-21-9-22-25(15)16-19-5-4-6-20-16/h4-9,11H,1-3H3,(H2,23,24,26). The van der Waals surface area contributed by atoms with Crippen molar-refractivity contribution in [2.24, 2.45) is 0 Å². The number of urea groups is 1. The van der Waals surface area contributed by atoms with Crippen LogP contribution in [0.4, 0.5) is 14.9 Å². The summed E-state index contributed by atoms with van der Waals surface area (Å²) in [5.41, 5.74) is 0.546. The number of amides is 2. The summed E-state index contributed by atoms with van der Waals surface area (Å²) in [5.74, 6) is -0.718. The van der Waals surface area contributed by atoms with Crippen LogP contribution in [-0.4, -0.2) is 45.4 Å². The van der Waals surface area contributed by atoms with E-state index in [0.29, 0.717) is 11.4 Å². The molecule has 30 heavy (non-hydrogen) atoms. The summed E-state index contributed by atoms with van der Waals surface area (Å²) >= 11 is 0. The molecule has 2 aromatic heterocycles. The molecule has 2 heterocycles. The van der Waals surface area contributed by atoms with Gasteiger partial charge in [-0.15, -0.1) is 0 Å². The van der Waals surface area contributed by atoms with Gasteiger partial charge in [0.15, 0.2) is 17.4 Å². The van der Waals surface area contributed by atoms with E-state index in [2.05, 4.69) is 34.9 Å². The maximum atomic E-state index is 14.0. The first-order chi connectivity index (χ1) is 14.1. The topological polar surface area (TPSA) is 141 Å². The lowest BCUT2D eigenvalue weighted by molar-refractivity contribution is 0.248. The zero-order valence-electron chi connectivity index (χ0n) is 16.2. The lowest BCUT2D eigenvalue weighted by Crippen LogP contribution is -2.33. The van der Waals surface area contributed by atoms with Crippen molar-refractivity contribution in [1.82, 2.24) is 30.0 Å². The maximum absolute atomic E-state index is 14.0. The Morgan fingerprint density at radius 1 is 1.23 bits per heavy atom. The molecule has 1 unspecified atom stereocenters. The number of carbonyl (C=O) groups is 1. The Balaban J connectivity index is 1.75. The quantitative estimate of drug-likeness (QED) is 0.558. The minimum atomic E-state index is -3.94. The van der Waals surface area contributed by atoms with Crippen LogP contribution < -0.4 is 14.8 Å². The second-order valence-electron chi connectivity index (χ2n) is 6.28. The molecule has 0 aliphatic heterocycles. The van der Waals surface area contributed by atoms with Crippen LogP contribution in [0.2, 0.25) is 0 Å². The van der Waals surface area contributed by atoms with Crippen molar-refractivity contribution >= 4 is 21.8 Å². The first kappa shape index (κ1) is 21.1. The Hall–Kier alpha value is -3.61. The van der Waals surface area contributed by atoms with E-state index in [0.717, 1.165) is 18.4 Å². The Bertz CT molecular complexity index is 1170. The van der Waals surface area contributed by atoms with Crippen molar-refractivity contribution < 1.29 is 21.8 Å². The van der Waals surface area contributed by atoms with Crippen molar-refractivity contribution in [1.29, 1.82) is 0 Å². The largest absolute Gasteiger partial charge is 0.379 e. The molecule has 0 aliphatic carbocycles. The first-order valence-electron chi connectivity index (χ1n) is 8.58. The van der Waals surface area contributed by atoms with Gasteiger partial charge in [0.25, 0.3) is 5.95 Å². The van der Waals surface area contributed by atoms with Gasteiger partial charge in [-0.25, -0.2) is 24.1 Å². The molecule has 0 spiro atoms. The molecule has 13 heteroatoms. The number of nitrogens with zero attached hydrogens (tertiary/aromatic N) is 5. The molecule has 0 aliphatic rings. The third kappa shape index (κ3) is 5.05. The molecule has 0 saturated heterocycles. The molecule has 2 amide bonds. The Kier molecular flexibility index (Phi) is 5.91. The number of anilines is 1. The fraction of sp³-hybridized carbons (Fsp3) is 0.235. The van der Waals surface area contributed by atoms with E-state index >= 15 is 0 Å². The molecule has 0 fully saturated rings. The SMILES string of the molecule is Cc1cc(F)c(OS(C)(=O)=O)cc1NC(=O)NC(C)c1ncnn1-c1ncccn1. The van der Waals surface area contributed by atoms with E-state index in [-0.39, 0.29) is 11.6 Å². The monoisotopic (exact) mass is 435 g/mol. The molecular weight excluding hydrogens is 417 g/mol. The van der Waals surface area contributed by atoms with Gasteiger partial charge in [-0.05, 0) is 31.5 Å². The molecule has 0 saturated carbocycles. The molecule has 158 valence electrons. The molecule has 11 nitrogen and oxygen atoms in total. The van der Waals surface area contributed by atoms with Crippen LogP contribution in [0.1, 0.15) is 24.4 Å². The Labute approximate surface area is 171 Å². The summed E-state index contributed by atoms with van der Waals surface area (Å²) in [6, 6.07) is 2.58. The second-order valence-corrected chi connectivity index (χ2v) is 7.86. The fourth-order valence-corrected chi connectivity index (χ4v) is 2.99. The van der Waals surface area contributed by atoms with Gasteiger partial charge in [0.2, 0.25) is 0 Å². The molecular formula is C17H18FN7O4S. The highest BCUT2D eigenvalue weighted by molar-refractivity contribution is 7.86. The number of aryl methyl sites for hydroxylation is 1. The lowest BCUT2D eigenvalue weighted by atomic mass is 10.2. The summed E-state index contributed by atoms with van der Waals surface area (Å²) < 4.78 is 42.5. The van der Waals surface area contributed by atoms with E-state index in [1.54, 1.807) is 32.3 Å². The third-order valence-electron chi connectivity index (χ3n) is 3.82. The van der Waals surface area contributed by atoms with Gasteiger partial charge in [0.1, 0.15) is 6.33 Å². The summed E-state index contributed by atoms with van der Waals surface area (Å²) in [7, 11) is -3.94. The van der Waals surface area contributed by atoms with Crippen molar-refractivity contribution in [2.45, 2.75) is 19.9 Å². The number of halogens is 1. The molecule has 0 bridgehead atoms. The van der Waals surface area contributed by atoms with Crippen LogP contribution in [-0.2, 0) is 10.1 Å². The number of carbonyl (C=O) groups excluding carboxylic acids is 1. The van der Waals surface area contributed by atoms with Gasteiger partial charge >= 0.3 is 16.1 Å². The summed E-state index contributed by atoms with van der Waals surface area (Å²) in [5, 5.41) is 9.27. The number of rotatable bonds is 6. The Morgan fingerprint density at radius 2 is 1.93 bits per heavy atom. The number of benzene rings is 1. The van der Waals surface area contributed by atoms with E-state index in [4.69, 9.17) is 0 Å². The van der Waals surface area contributed by atoms with E-state index in [1.807, 2.05) is 0 Å². The number of hydrogen-bond donors (Lipinski definition) is 2. The van der Waals surface area contributed by atoms with Crippen molar-refractivity contribution in [3.63, 3.8) is 0 Å². The summed E-state index contributed by atoms with van der Waals surface area (Å²) in [6.45, 7) is 3.23. The molecule has 3 rings (SSSR count). The Morgan fingerprint density at radius 3 is 2.60 bits per heavy atom. The summed E-state index contributed by atoms with van der Waals surface area (Å²) in [4.78, 5) is 24.7. The van der Waals surface area contributed by atoms with Crippen molar-refractivity contribution in [3.05, 3.63) is 54.1 Å². The van der Waals surface area contributed by atoms with E-state index in [1.165, 1.54) is 11.0 Å². The zero-order chi connectivity index (χ0) is 21.9. The van der Waals surface area contributed by atoms with Crippen molar-refractivity contribution in [3.8, 4) is 11.7 Å². The molecule has 0 radical (unpaired) electrons. The van der Waals surface area contributed by atoms with E-state index in [9.17, 15) is 17.6 Å². The number of aromatic nitrogens is 5. The second kappa shape index (κ2) is 8.41. The van der Waals surface area contributed by atoms with Crippen LogP contribution in [0.25, 0.3) is 5.95 Å². The lowest BCUT2D eigenvalue weighted by Gasteiger charge is -2.16. The van der Waals surface area contributed by atoms with Crippen molar-refractivity contribution in [2.75, 3.05) is 11.6 Å². The highest BCUT2D eigenvalue weighted by atomic mass is 32.2. The highest BCUT2D eigenvalue weighted by Crippen LogP contribution is 2.27. The van der Waals surface area contributed by atoms with Gasteiger partial charge < -0.3 is 14.8 Å². The average molecular weight is 435 g/mol. The van der Waals surface area contributed by atoms with Gasteiger partial charge in [-0.1, -0.05) is 0 Å². The molecule has 2 N–H and O–H groups in total. The predicted octanol–water partition coefficient (Wildman–Crippen LogP) is 1.73. The van der Waals surface area contributed by atoms with Crippen LogP contribution in [0.5, 0.6) is 5.75 Å². The van der Waals surface area contributed by atoms with Crippen LogP contribution in [0.3, 0.4) is 0 Å². The van der Waals surface area contributed by atoms with Gasteiger partial charge in [0.05, 0.1) is 12.3 Å². The van der Waals surface area contributed by atoms with E-state index < -0.39 is 33.8 Å². The third-order valence-corrected chi connectivity index (χ3v) is 4.30. The molecule has 3 aromatic rings. The fourth-order valence-electron chi connectivity index (χ4n) is 2.53. The average Bonchev–Trinajstić information content (AvgIpc) is 3.15. The van der Waals surface area contributed by atoms with Gasteiger partial charge in [-0.2, -0.15) is 18.2 Å². The highest BCUT2D eigenvalue weighted by Gasteiger charge is 2.19. The first-order valence-corrected chi connectivity index (χ1v) is 10.4. The molecule has 1 aromatic carbocycles. The number of hydrogen-bond acceptors (Lipinski definition) is 8. The number of nitrogens with one attached hydrogen (secondary N) is 2. The van der Waals surface area contributed by atoms with Gasteiger partial charge in [-0.3, -0.25) is 0 Å². The van der Waals surface area contributed by atoms with Crippen LogP contribution in [0, 0.1) is 12.7 Å². The molecule has 1 atom stereocenters. The zero-order valence-corrected chi connectivity index (χ0v) is 17.0. The maximum Gasteiger partial charge on any atom is 0.319 e.